The molecule has 84 valence electrons. The number of nitrogens with zero attached hydrogens (tertiary/aromatic N) is 3. The van der Waals surface area contributed by atoms with Crippen molar-refractivity contribution >= 4 is 21.7 Å². The van der Waals surface area contributed by atoms with Crippen LogP contribution in [0.2, 0.25) is 0 Å². The molecule has 0 radical (unpaired) electrons. The van der Waals surface area contributed by atoms with Gasteiger partial charge in [0.1, 0.15) is 12.1 Å². The van der Waals surface area contributed by atoms with Crippen molar-refractivity contribution in [1.29, 1.82) is 0 Å². The molecule has 0 saturated carbocycles. The molecule has 1 aromatic heterocycles. The van der Waals surface area contributed by atoms with Gasteiger partial charge < -0.3 is 4.90 Å². The minimum Gasteiger partial charge on any atom is -0.353 e. The molecule has 0 saturated heterocycles. The Hall–Kier alpha value is -0.640. The normalized spacial score (nSPS) is 11.1. The molecule has 0 unspecified atom stereocenters. The van der Waals surface area contributed by atoms with Gasteiger partial charge in [-0.2, -0.15) is 0 Å². The van der Waals surface area contributed by atoms with Crippen LogP contribution in [-0.2, 0) is 0 Å². The van der Waals surface area contributed by atoms with Crippen LogP contribution in [0.5, 0.6) is 0 Å². The van der Waals surface area contributed by atoms with Gasteiger partial charge in [-0.05, 0) is 35.7 Å². The maximum atomic E-state index is 4.32. The van der Waals surface area contributed by atoms with Gasteiger partial charge in [0.25, 0.3) is 0 Å². The second kappa shape index (κ2) is 5.45. The van der Waals surface area contributed by atoms with E-state index in [-0.39, 0.29) is 0 Å². The summed E-state index contributed by atoms with van der Waals surface area (Å²) in [6, 6.07) is 0.443. The zero-order valence-electron chi connectivity index (χ0n) is 9.74. The van der Waals surface area contributed by atoms with Crippen LogP contribution in [0.4, 0.5) is 5.82 Å². The van der Waals surface area contributed by atoms with Crippen LogP contribution in [0.1, 0.15) is 27.7 Å². The first kappa shape index (κ1) is 12.4. The monoisotopic (exact) mass is 271 g/mol. The third-order valence-electron chi connectivity index (χ3n) is 2.11. The summed E-state index contributed by atoms with van der Waals surface area (Å²) >= 11 is 3.49. The molecule has 15 heavy (non-hydrogen) atoms. The van der Waals surface area contributed by atoms with Crippen molar-refractivity contribution in [3.63, 3.8) is 0 Å². The summed E-state index contributed by atoms with van der Waals surface area (Å²) in [5.41, 5.74) is 0. The Kier molecular flexibility index (Phi) is 4.51. The molecule has 1 heterocycles. The summed E-state index contributed by atoms with van der Waals surface area (Å²) < 4.78 is 0.958. The molecule has 0 N–H and O–H groups in total. The van der Waals surface area contributed by atoms with E-state index in [2.05, 4.69) is 58.5 Å². The smallest absolute Gasteiger partial charge is 0.146 e. The molecule has 0 aliphatic heterocycles. The van der Waals surface area contributed by atoms with Crippen LogP contribution < -0.4 is 4.90 Å². The van der Waals surface area contributed by atoms with E-state index in [9.17, 15) is 0 Å². The van der Waals surface area contributed by atoms with Crippen molar-refractivity contribution in [1.82, 2.24) is 9.97 Å². The largest absolute Gasteiger partial charge is 0.353 e. The lowest BCUT2D eigenvalue weighted by Gasteiger charge is -2.30. The lowest BCUT2D eigenvalue weighted by molar-refractivity contribution is 0.565. The van der Waals surface area contributed by atoms with Crippen LogP contribution in [-0.4, -0.2) is 22.6 Å². The van der Waals surface area contributed by atoms with Crippen molar-refractivity contribution < 1.29 is 0 Å². The molecule has 1 aromatic rings. The molecule has 0 spiro atoms. The van der Waals surface area contributed by atoms with Gasteiger partial charge >= 0.3 is 0 Å². The predicted octanol–water partition coefficient (Wildman–Crippen LogP) is 3.11. The Labute approximate surface area is 100 Å². The van der Waals surface area contributed by atoms with E-state index in [1.165, 1.54) is 0 Å². The molecule has 1 rings (SSSR count). The van der Waals surface area contributed by atoms with E-state index in [4.69, 9.17) is 0 Å². The van der Waals surface area contributed by atoms with Crippen LogP contribution >= 0.6 is 15.9 Å². The summed E-state index contributed by atoms with van der Waals surface area (Å²) in [6.45, 7) is 9.79. The average molecular weight is 272 g/mol. The van der Waals surface area contributed by atoms with Gasteiger partial charge in [-0.25, -0.2) is 9.97 Å². The van der Waals surface area contributed by atoms with Crippen LogP contribution in [0.25, 0.3) is 0 Å². The van der Waals surface area contributed by atoms with Crippen LogP contribution in [0.15, 0.2) is 17.0 Å². The van der Waals surface area contributed by atoms with E-state index in [1.807, 2.05) is 0 Å². The molecular weight excluding hydrogens is 254 g/mol. The zero-order chi connectivity index (χ0) is 11.4. The van der Waals surface area contributed by atoms with Gasteiger partial charge in [-0.3, -0.25) is 0 Å². The Balaban J connectivity index is 2.94. The summed E-state index contributed by atoms with van der Waals surface area (Å²) in [6.07, 6.45) is 3.38. The summed E-state index contributed by atoms with van der Waals surface area (Å²) in [5, 5.41) is 0. The third kappa shape index (κ3) is 3.45. The molecule has 0 aliphatic rings. The third-order valence-corrected chi connectivity index (χ3v) is 2.66. The first-order valence-corrected chi connectivity index (χ1v) is 6.03. The van der Waals surface area contributed by atoms with Gasteiger partial charge in [0, 0.05) is 18.8 Å². The fourth-order valence-corrected chi connectivity index (χ4v) is 1.90. The lowest BCUT2D eigenvalue weighted by atomic mass is 10.2. The second-order valence-corrected chi connectivity index (χ2v) is 5.19. The van der Waals surface area contributed by atoms with E-state index in [0.717, 1.165) is 16.8 Å². The van der Waals surface area contributed by atoms with Crippen molar-refractivity contribution in [3.05, 3.63) is 17.0 Å². The predicted molar refractivity (Wildman–Crippen MR) is 67.1 cm³/mol. The van der Waals surface area contributed by atoms with E-state index in [1.54, 1.807) is 12.5 Å². The Morgan fingerprint density at radius 1 is 1.33 bits per heavy atom. The quantitative estimate of drug-likeness (QED) is 0.843. The number of hydrogen-bond donors (Lipinski definition) is 0. The minimum atomic E-state index is 0.443. The molecule has 0 fully saturated rings. The van der Waals surface area contributed by atoms with Gasteiger partial charge in [-0.15, -0.1) is 0 Å². The molecule has 0 aliphatic carbocycles. The number of hydrogen-bond acceptors (Lipinski definition) is 3. The summed E-state index contributed by atoms with van der Waals surface area (Å²) in [4.78, 5) is 10.6. The van der Waals surface area contributed by atoms with Crippen molar-refractivity contribution in [3.8, 4) is 0 Å². The molecule has 4 heteroatoms. The highest BCUT2D eigenvalue weighted by atomic mass is 79.9. The minimum absolute atomic E-state index is 0.443. The molecule has 0 aromatic carbocycles. The van der Waals surface area contributed by atoms with Gasteiger partial charge in [-0.1, -0.05) is 13.8 Å². The van der Waals surface area contributed by atoms with Gasteiger partial charge in [0.05, 0.1) is 4.47 Å². The SMILES string of the molecule is CC(C)CN(c1ncncc1Br)C(C)C. The van der Waals surface area contributed by atoms with Crippen molar-refractivity contribution in [2.24, 2.45) is 5.92 Å². The van der Waals surface area contributed by atoms with E-state index in [0.29, 0.717) is 12.0 Å². The number of aromatic nitrogens is 2. The highest BCUT2D eigenvalue weighted by Crippen LogP contribution is 2.24. The molecule has 0 amide bonds. The summed E-state index contributed by atoms with van der Waals surface area (Å²) in [5.74, 6) is 1.60. The Morgan fingerprint density at radius 2 is 2.00 bits per heavy atom. The van der Waals surface area contributed by atoms with Crippen LogP contribution in [0, 0.1) is 5.92 Å². The Bertz CT molecular complexity index is 312. The summed E-state index contributed by atoms with van der Waals surface area (Å²) in [7, 11) is 0. The molecule has 0 bridgehead atoms. The van der Waals surface area contributed by atoms with Gasteiger partial charge in [0.15, 0.2) is 0 Å². The van der Waals surface area contributed by atoms with Crippen molar-refractivity contribution in [2.75, 3.05) is 11.4 Å². The number of anilines is 1. The first-order chi connectivity index (χ1) is 7.02. The zero-order valence-corrected chi connectivity index (χ0v) is 11.3. The van der Waals surface area contributed by atoms with Crippen molar-refractivity contribution in [2.45, 2.75) is 33.7 Å². The van der Waals surface area contributed by atoms with Crippen LogP contribution in [0.3, 0.4) is 0 Å². The Morgan fingerprint density at radius 3 is 2.47 bits per heavy atom. The fourth-order valence-electron chi connectivity index (χ4n) is 1.45. The average Bonchev–Trinajstić information content (AvgIpc) is 2.15. The van der Waals surface area contributed by atoms with E-state index >= 15 is 0 Å². The highest BCUT2D eigenvalue weighted by Gasteiger charge is 2.15. The standard InChI is InChI=1S/C11H18BrN3/c1-8(2)6-15(9(3)4)11-10(12)5-13-7-14-11/h5,7-9H,6H2,1-4H3. The first-order valence-electron chi connectivity index (χ1n) is 5.24. The van der Waals surface area contributed by atoms with E-state index < -0.39 is 0 Å². The highest BCUT2D eigenvalue weighted by molar-refractivity contribution is 9.10. The maximum Gasteiger partial charge on any atom is 0.146 e. The number of halogens is 1. The fraction of sp³-hybridized carbons (Fsp3) is 0.636. The maximum absolute atomic E-state index is 4.32. The number of rotatable bonds is 4. The molecule has 3 nitrogen and oxygen atoms in total. The van der Waals surface area contributed by atoms with Gasteiger partial charge in [0.2, 0.25) is 0 Å². The topological polar surface area (TPSA) is 29.0 Å². The molecule has 0 atom stereocenters. The lowest BCUT2D eigenvalue weighted by Crippen LogP contribution is -2.35. The second-order valence-electron chi connectivity index (χ2n) is 4.33. The molecular formula is C11H18BrN3.